The molecular weight excluding hydrogens is 285 g/mol. The highest BCUT2D eigenvalue weighted by Crippen LogP contribution is 2.05. The van der Waals surface area contributed by atoms with Crippen LogP contribution < -0.4 is 0 Å². The van der Waals surface area contributed by atoms with Gasteiger partial charge in [0.1, 0.15) is 0 Å². The Balaban J connectivity index is 4.79. The fourth-order valence-electron chi connectivity index (χ4n) is 0.924. The van der Waals surface area contributed by atoms with Gasteiger partial charge in [0.15, 0.2) is 14.9 Å². The standard InChI is InChI=1S/C6H13Cl2NO4S2/c1-14(10,11)6-15(12,13)9(4-2-7)5-3-8/h2-6H2,1H3. The van der Waals surface area contributed by atoms with Gasteiger partial charge in [-0.15, -0.1) is 23.2 Å². The van der Waals surface area contributed by atoms with Gasteiger partial charge < -0.3 is 0 Å². The molecule has 0 aliphatic carbocycles. The summed E-state index contributed by atoms with van der Waals surface area (Å²) in [5.41, 5.74) is 0. The maximum atomic E-state index is 11.6. The Kier molecular flexibility index (Phi) is 6.43. The second kappa shape index (κ2) is 6.24. The molecule has 0 amide bonds. The highest BCUT2D eigenvalue weighted by atomic mass is 35.5. The molecule has 0 bridgehead atoms. The fraction of sp³-hybridized carbons (Fsp3) is 1.00. The van der Waals surface area contributed by atoms with Crippen LogP contribution in [0.1, 0.15) is 0 Å². The molecule has 0 saturated heterocycles. The molecule has 92 valence electrons. The number of sulfonamides is 1. The first-order chi connectivity index (χ1) is 6.73. The van der Waals surface area contributed by atoms with Crippen LogP contribution in [0.25, 0.3) is 0 Å². The average molecular weight is 298 g/mol. The molecule has 0 unspecified atom stereocenters. The van der Waals surface area contributed by atoms with E-state index < -0.39 is 24.9 Å². The number of alkyl halides is 2. The molecule has 0 atom stereocenters. The van der Waals surface area contributed by atoms with E-state index in [2.05, 4.69) is 0 Å². The maximum Gasteiger partial charge on any atom is 0.228 e. The molecule has 0 aromatic carbocycles. The Labute approximate surface area is 100 Å². The van der Waals surface area contributed by atoms with Crippen LogP contribution in [0.3, 0.4) is 0 Å². The number of nitrogens with zero attached hydrogens (tertiary/aromatic N) is 1. The van der Waals surface area contributed by atoms with Gasteiger partial charge in [-0.2, -0.15) is 4.31 Å². The second-order valence-corrected chi connectivity index (χ2v) is 8.16. The van der Waals surface area contributed by atoms with Crippen molar-refractivity contribution >= 4 is 43.1 Å². The van der Waals surface area contributed by atoms with Gasteiger partial charge in [-0.3, -0.25) is 0 Å². The normalized spacial score (nSPS) is 13.3. The van der Waals surface area contributed by atoms with Crippen molar-refractivity contribution in [3.8, 4) is 0 Å². The van der Waals surface area contributed by atoms with Crippen molar-refractivity contribution in [2.75, 3.05) is 36.2 Å². The summed E-state index contributed by atoms with van der Waals surface area (Å²) in [6.07, 6.45) is 0.865. The van der Waals surface area contributed by atoms with E-state index in [-0.39, 0.29) is 24.8 Å². The van der Waals surface area contributed by atoms with Crippen molar-refractivity contribution in [2.45, 2.75) is 0 Å². The summed E-state index contributed by atoms with van der Waals surface area (Å²) in [6.45, 7) is 0.123. The molecule has 15 heavy (non-hydrogen) atoms. The Morgan fingerprint density at radius 1 is 1.00 bits per heavy atom. The van der Waals surface area contributed by atoms with Crippen LogP contribution in [0.4, 0.5) is 0 Å². The van der Waals surface area contributed by atoms with Crippen LogP contribution in [-0.2, 0) is 19.9 Å². The second-order valence-electron chi connectivity index (χ2n) is 2.93. The summed E-state index contributed by atoms with van der Waals surface area (Å²) in [5, 5.41) is -0.909. The van der Waals surface area contributed by atoms with Crippen LogP contribution in [0.2, 0.25) is 0 Å². The predicted molar refractivity (Wildman–Crippen MR) is 61.6 cm³/mol. The Morgan fingerprint density at radius 2 is 1.40 bits per heavy atom. The number of halogens is 2. The molecule has 0 aromatic rings. The van der Waals surface area contributed by atoms with Crippen molar-refractivity contribution in [1.82, 2.24) is 4.31 Å². The summed E-state index contributed by atoms with van der Waals surface area (Å²) in [4.78, 5) is 0. The van der Waals surface area contributed by atoms with Gasteiger partial charge in [0.25, 0.3) is 0 Å². The van der Waals surface area contributed by atoms with Gasteiger partial charge >= 0.3 is 0 Å². The van der Waals surface area contributed by atoms with Crippen LogP contribution in [0.15, 0.2) is 0 Å². The largest absolute Gasteiger partial charge is 0.228 e. The van der Waals surface area contributed by atoms with E-state index in [0.29, 0.717) is 0 Å². The molecule has 0 radical (unpaired) electrons. The smallest absolute Gasteiger partial charge is 0.228 e. The summed E-state index contributed by atoms with van der Waals surface area (Å²) < 4.78 is 45.9. The Hall–Kier alpha value is 0.440. The number of hydrogen-bond acceptors (Lipinski definition) is 4. The van der Waals surface area contributed by atoms with Crippen LogP contribution >= 0.6 is 23.2 Å². The third kappa shape index (κ3) is 6.57. The van der Waals surface area contributed by atoms with Crippen molar-refractivity contribution in [3.63, 3.8) is 0 Å². The number of sulfone groups is 1. The van der Waals surface area contributed by atoms with E-state index in [9.17, 15) is 16.8 Å². The Morgan fingerprint density at radius 3 is 1.67 bits per heavy atom. The van der Waals surface area contributed by atoms with Gasteiger partial charge in [0, 0.05) is 31.1 Å². The molecule has 5 nitrogen and oxygen atoms in total. The first kappa shape index (κ1) is 15.4. The van der Waals surface area contributed by atoms with Crippen molar-refractivity contribution in [2.24, 2.45) is 0 Å². The van der Waals surface area contributed by atoms with Crippen molar-refractivity contribution in [3.05, 3.63) is 0 Å². The zero-order valence-electron chi connectivity index (χ0n) is 8.19. The average Bonchev–Trinajstić information content (AvgIpc) is 1.99. The Bertz CT molecular complexity index is 372. The summed E-state index contributed by atoms with van der Waals surface area (Å²) in [5.74, 6) is 0.194. The lowest BCUT2D eigenvalue weighted by Gasteiger charge is -2.19. The molecule has 0 saturated carbocycles. The molecular formula is C6H13Cl2NO4S2. The molecule has 0 fully saturated rings. The van der Waals surface area contributed by atoms with E-state index in [1.54, 1.807) is 0 Å². The fourth-order valence-corrected chi connectivity index (χ4v) is 5.03. The molecule has 9 heteroatoms. The number of rotatable bonds is 7. The van der Waals surface area contributed by atoms with E-state index in [0.717, 1.165) is 10.6 Å². The predicted octanol–water partition coefficient (Wildman–Crippen LogP) is 0.0979. The monoisotopic (exact) mass is 297 g/mol. The lowest BCUT2D eigenvalue weighted by atomic mass is 10.7. The molecule has 0 aromatic heterocycles. The van der Waals surface area contributed by atoms with Gasteiger partial charge in [0.2, 0.25) is 10.0 Å². The number of hydrogen-bond donors (Lipinski definition) is 0. The SMILES string of the molecule is CS(=O)(=O)CS(=O)(=O)N(CCCl)CCCl. The molecule has 0 spiro atoms. The van der Waals surface area contributed by atoms with E-state index >= 15 is 0 Å². The zero-order chi connectivity index (χ0) is 12.1. The highest BCUT2D eigenvalue weighted by molar-refractivity contribution is 8.06. The zero-order valence-corrected chi connectivity index (χ0v) is 11.3. The quantitative estimate of drug-likeness (QED) is 0.625. The first-order valence-corrected chi connectivity index (χ1v) is 8.74. The lowest BCUT2D eigenvalue weighted by molar-refractivity contribution is 0.451. The minimum Gasteiger partial charge on any atom is -0.228 e. The molecule has 0 rings (SSSR count). The van der Waals surface area contributed by atoms with Gasteiger partial charge in [-0.25, -0.2) is 16.8 Å². The lowest BCUT2D eigenvalue weighted by Crippen LogP contribution is -2.37. The third-order valence-corrected chi connectivity index (χ3v) is 5.82. The van der Waals surface area contributed by atoms with Crippen molar-refractivity contribution in [1.29, 1.82) is 0 Å². The van der Waals surface area contributed by atoms with E-state index in [1.165, 1.54) is 0 Å². The van der Waals surface area contributed by atoms with Crippen LogP contribution in [0, 0.1) is 0 Å². The topological polar surface area (TPSA) is 71.5 Å². The molecule has 0 heterocycles. The van der Waals surface area contributed by atoms with Gasteiger partial charge in [-0.1, -0.05) is 0 Å². The molecule has 0 aliphatic heterocycles. The molecule has 0 N–H and O–H groups in total. The van der Waals surface area contributed by atoms with Crippen molar-refractivity contribution < 1.29 is 16.8 Å². The summed E-state index contributed by atoms with van der Waals surface area (Å²) in [7, 11) is -7.41. The van der Waals surface area contributed by atoms with E-state index in [4.69, 9.17) is 23.2 Å². The maximum absolute atomic E-state index is 11.6. The molecule has 0 aliphatic rings. The minimum atomic E-state index is -3.83. The van der Waals surface area contributed by atoms with E-state index in [1.807, 2.05) is 0 Å². The summed E-state index contributed by atoms with van der Waals surface area (Å²) >= 11 is 10.8. The highest BCUT2D eigenvalue weighted by Gasteiger charge is 2.25. The third-order valence-electron chi connectivity index (χ3n) is 1.42. The first-order valence-electron chi connectivity index (χ1n) is 4.00. The van der Waals surface area contributed by atoms with Gasteiger partial charge in [0.05, 0.1) is 0 Å². The minimum absolute atomic E-state index is 0.0616. The van der Waals surface area contributed by atoms with Gasteiger partial charge in [-0.05, 0) is 0 Å². The van der Waals surface area contributed by atoms with Crippen LogP contribution in [0.5, 0.6) is 0 Å². The summed E-state index contributed by atoms with van der Waals surface area (Å²) in [6, 6.07) is 0. The van der Waals surface area contributed by atoms with Crippen LogP contribution in [-0.4, -0.2) is 57.3 Å².